The predicted molar refractivity (Wildman–Crippen MR) is 97.7 cm³/mol. The number of methoxy groups -OCH3 is 1. The highest BCUT2D eigenvalue weighted by Gasteiger charge is 2.20. The quantitative estimate of drug-likeness (QED) is 0.587. The first kappa shape index (κ1) is 21.2. The second kappa shape index (κ2) is 11.7. The number of aryl methyl sites for hydroxylation is 2. The Morgan fingerprint density at radius 1 is 1.20 bits per heavy atom. The third-order valence-corrected chi connectivity index (χ3v) is 4.08. The fourth-order valence-electron chi connectivity index (χ4n) is 2.68. The van der Waals surface area contributed by atoms with Gasteiger partial charge in [-0.15, -0.1) is 0 Å². The minimum Gasteiger partial charge on any atom is -0.466 e. The maximum Gasteiger partial charge on any atom is 0.257 e. The number of hydrogen-bond acceptors (Lipinski definition) is 4. The highest BCUT2D eigenvalue weighted by molar-refractivity contribution is 5.95. The summed E-state index contributed by atoms with van der Waals surface area (Å²) in [5.74, 6) is 1.23. The number of nitrogens with zero attached hydrogens (tertiary/aromatic N) is 1. The molecule has 2 amide bonds. The molecule has 0 atom stereocenters. The van der Waals surface area contributed by atoms with E-state index in [-0.39, 0.29) is 11.8 Å². The molecule has 0 spiro atoms. The highest BCUT2D eigenvalue weighted by Crippen LogP contribution is 2.17. The third kappa shape index (κ3) is 7.73. The van der Waals surface area contributed by atoms with Gasteiger partial charge in [-0.2, -0.15) is 0 Å². The Balaban J connectivity index is 2.63. The van der Waals surface area contributed by atoms with E-state index in [0.29, 0.717) is 44.0 Å². The molecule has 1 aromatic rings. The molecule has 0 fully saturated rings. The van der Waals surface area contributed by atoms with Crippen LogP contribution in [0.15, 0.2) is 10.5 Å². The van der Waals surface area contributed by atoms with Gasteiger partial charge in [0.05, 0.1) is 12.2 Å². The van der Waals surface area contributed by atoms with Crippen LogP contribution in [0.1, 0.15) is 60.9 Å². The average Bonchev–Trinajstić information content (AvgIpc) is 2.92. The van der Waals surface area contributed by atoms with Crippen molar-refractivity contribution in [1.29, 1.82) is 0 Å². The molecular formula is C19H32N2O4. The lowest BCUT2D eigenvalue weighted by molar-refractivity contribution is -0.121. The molecule has 0 bridgehead atoms. The predicted octanol–water partition coefficient (Wildman–Crippen LogP) is 3.07. The van der Waals surface area contributed by atoms with E-state index < -0.39 is 0 Å². The lowest BCUT2D eigenvalue weighted by atomic mass is 10.1. The third-order valence-electron chi connectivity index (χ3n) is 4.08. The number of hydrogen-bond donors (Lipinski definition) is 1. The van der Waals surface area contributed by atoms with E-state index in [1.54, 1.807) is 25.0 Å². The van der Waals surface area contributed by atoms with E-state index in [1.165, 1.54) is 0 Å². The summed E-state index contributed by atoms with van der Waals surface area (Å²) in [5.41, 5.74) is 0.591. The van der Waals surface area contributed by atoms with E-state index in [1.807, 2.05) is 6.92 Å². The summed E-state index contributed by atoms with van der Waals surface area (Å²) >= 11 is 0. The Hall–Kier alpha value is -1.82. The Labute approximate surface area is 150 Å². The van der Waals surface area contributed by atoms with Crippen LogP contribution in [0, 0.1) is 13.8 Å². The topological polar surface area (TPSA) is 71.8 Å². The van der Waals surface area contributed by atoms with Crippen LogP contribution in [-0.2, 0) is 9.53 Å². The molecule has 1 aromatic heterocycles. The van der Waals surface area contributed by atoms with Gasteiger partial charge in [0.1, 0.15) is 11.5 Å². The molecule has 142 valence electrons. The highest BCUT2D eigenvalue weighted by atomic mass is 16.5. The molecule has 6 heteroatoms. The minimum absolute atomic E-state index is 0.0597. The molecule has 0 saturated heterocycles. The zero-order valence-electron chi connectivity index (χ0n) is 16.0. The summed E-state index contributed by atoms with van der Waals surface area (Å²) in [7, 11) is 1.60. The van der Waals surface area contributed by atoms with Crippen molar-refractivity contribution in [1.82, 2.24) is 10.2 Å². The molecule has 6 nitrogen and oxygen atoms in total. The van der Waals surface area contributed by atoms with E-state index >= 15 is 0 Å². The largest absolute Gasteiger partial charge is 0.466 e. The summed E-state index contributed by atoms with van der Waals surface area (Å²) in [6.07, 6.45) is 4.63. The van der Waals surface area contributed by atoms with E-state index in [0.717, 1.165) is 31.4 Å². The Bertz CT molecular complexity index is 540. The number of rotatable bonds is 12. The van der Waals surface area contributed by atoms with Crippen molar-refractivity contribution in [2.24, 2.45) is 0 Å². The van der Waals surface area contributed by atoms with E-state index in [9.17, 15) is 9.59 Å². The summed E-state index contributed by atoms with van der Waals surface area (Å²) in [4.78, 5) is 26.5. The van der Waals surface area contributed by atoms with Crippen LogP contribution >= 0.6 is 0 Å². The van der Waals surface area contributed by atoms with Crippen LogP contribution in [-0.4, -0.2) is 50.1 Å². The molecule has 1 rings (SSSR count). The molecule has 0 aliphatic heterocycles. The van der Waals surface area contributed by atoms with Gasteiger partial charge >= 0.3 is 0 Å². The van der Waals surface area contributed by atoms with Gasteiger partial charge in [-0.3, -0.25) is 9.59 Å². The fourth-order valence-corrected chi connectivity index (χ4v) is 2.68. The van der Waals surface area contributed by atoms with Crippen LogP contribution in [0.25, 0.3) is 0 Å². The van der Waals surface area contributed by atoms with Crippen LogP contribution < -0.4 is 5.32 Å². The number of amides is 2. The maximum atomic E-state index is 12.8. The van der Waals surface area contributed by atoms with Crippen LogP contribution in [0.5, 0.6) is 0 Å². The van der Waals surface area contributed by atoms with Crippen molar-refractivity contribution in [2.75, 3.05) is 33.4 Å². The number of carbonyl (C=O) groups excluding carboxylic acids is 2. The van der Waals surface area contributed by atoms with Crippen LogP contribution in [0.4, 0.5) is 0 Å². The Morgan fingerprint density at radius 2 is 1.96 bits per heavy atom. The van der Waals surface area contributed by atoms with Crippen molar-refractivity contribution < 1.29 is 18.7 Å². The SMILES string of the molecule is CCCCCCN(CCC(=O)NCCOC)C(=O)c1cc(C)oc1C. The first-order valence-electron chi connectivity index (χ1n) is 9.11. The zero-order valence-corrected chi connectivity index (χ0v) is 16.0. The molecule has 1 heterocycles. The van der Waals surface area contributed by atoms with Gasteiger partial charge in [-0.25, -0.2) is 0 Å². The smallest absolute Gasteiger partial charge is 0.257 e. The fraction of sp³-hybridized carbons (Fsp3) is 0.684. The molecule has 0 radical (unpaired) electrons. The maximum absolute atomic E-state index is 12.8. The van der Waals surface area contributed by atoms with Crippen LogP contribution in [0.2, 0.25) is 0 Å². The Morgan fingerprint density at radius 3 is 2.56 bits per heavy atom. The molecule has 0 unspecified atom stereocenters. The summed E-state index contributed by atoms with van der Waals surface area (Å²) < 4.78 is 10.4. The van der Waals surface area contributed by atoms with Crippen molar-refractivity contribution in [3.63, 3.8) is 0 Å². The lowest BCUT2D eigenvalue weighted by Crippen LogP contribution is -2.36. The van der Waals surface area contributed by atoms with E-state index in [2.05, 4.69) is 12.2 Å². The molecule has 0 aliphatic carbocycles. The standard InChI is InChI=1S/C19H32N2O4/c1-5-6-7-8-11-21(12-9-18(22)20-10-13-24-4)19(23)17-14-15(2)25-16(17)3/h14H,5-13H2,1-4H3,(H,20,22). The molecule has 1 N–H and O–H groups in total. The molecular weight excluding hydrogens is 320 g/mol. The van der Waals surface area contributed by atoms with Crippen molar-refractivity contribution in [3.8, 4) is 0 Å². The first-order valence-corrected chi connectivity index (χ1v) is 9.11. The average molecular weight is 352 g/mol. The number of ether oxygens (including phenoxy) is 1. The molecule has 0 saturated carbocycles. The number of furan rings is 1. The van der Waals surface area contributed by atoms with Crippen molar-refractivity contribution in [2.45, 2.75) is 52.9 Å². The Kier molecular flexibility index (Phi) is 9.92. The summed E-state index contributed by atoms with van der Waals surface area (Å²) in [6.45, 7) is 7.83. The normalized spacial score (nSPS) is 10.7. The summed E-state index contributed by atoms with van der Waals surface area (Å²) in [6, 6.07) is 1.77. The van der Waals surface area contributed by atoms with Gasteiger partial charge in [0.2, 0.25) is 5.91 Å². The summed E-state index contributed by atoms with van der Waals surface area (Å²) in [5, 5.41) is 2.79. The lowest BCUT2D eigenvalue weighted by Gasteiger charge is -2.22. The molecule has 0 aliphatic rings. The van der Waals surface area contributed by atoms with Crippen LogP contribution in [0.3, 0.4) is 0 Å². The van der Waals surface area contributed by atoms with Gasteiger partial charge in [-0.05, 0) is 26.3 Å². The second-order valence-electron chi connectivity index (χ2n) is 6.27. The van der Waals surface area contributed by atoms with Gasteiger partial charge in [-0.1, -0.05) is 26.2 Å². The van der Waals surface area contributed by atoms with E-state index in [4.69, 9.17) is 9.15 Å². The van der Waals surface area contributed by atoms with Gasteiger partial charge in [0, 0.05) is 33.2 Å². The van der Waals surface area contributed by atoms with Crippen molar-refractivity contribution in [3.05, 3.63) is 23.2 Å². The van der Waals surface area contributed by atoms with Gasteiger partial charge < -0.3 is 19.4 Å². The zero-order chi connectivity index (χ0) is 18.7. The second-order valence-corrected chi connectivity index (χ2v) is 6.27. The number of carbonyl (C=O) groups is 2. The minimum atomic E-state index is -0.0662. The number of nitrogens with one attached hydrogen (secondary N) is 1. The first-order chi connectivity index (χ1) is 12.0. The van der Waals surface area contributed by atoms with Crippen molar-refractivity contribution >= 4 is 11.8 Å². The van der Waals surface area contributed by atoms with Gasteiger partial charge in [0.15, 0.2) is 0 Å². The monoisotopic (exact) mass is 352 g/mol. The molecule has 0 aromatic carbocycles. The number of unbranched alkanes of at least 4 members (excludes halogenated alkanes) is 3. The molecule has 25 heavy (non-hydrogen) atoms. The van der Waals surface area contributed by atoms with Gasteiger partial charge in [0.25, 0.3) is 5.91 Å².